The largest absolute Gasteiger partial charge is 0.477 e. The summed E-state index contributed by atoms with van der Waals surface area (Å²) in [6.45, 7) is 0.338. The third-order valence-corrected chi connectivity index (χ3v) is 2.38. The molecular formula is C15H13NO3. The Hall–Kier alpha value is -2.62. The van der Waals surface area contributed by atoms with E-state index in [0.717, 1.165) is 5.56 Å². The van der Waals surface area contributed by atoms with E-state index in [9.17, 15) is 4.79 Å². The van der Waals surface area contributed by atoms with E-state index in [2.05, 4.69) is 4.98 Å². The molecule has 0 amide bonds. The van der Waals surface area contributed by atoms with Crippen molar-refractivity contribution in [3.8, 4) is 5.88 Å². The molecule has 19 heavy (non-hydrogen) atoms. The molecule has 4 nitrogen and oxygen atoms in total. The van der Waals surface area contributed by atoms with Crippen LogP contribution in [0.1, 0.15) is 16.1 Å². The normalized spacial score (nSPS) is 10.5. The average Bonchev–Trinajstić information content (AvgIpc) is 2.45. The Labute approximate surface area is 111 Å². The highest BCUT2D eigenvalue weighted by Gasteiger charge is 2.04. The number of rotatable bonds is 5. The summed E-state index contributed by atoms with van der Waals surface area (Å²) >= 11 is 0. The summed E-state index contributed by atoms with van der Waals surface area (Å²) < 4.78 is 5.36. The first kappa shape index (κ1) is 12.8. The topological polar surface area (TPSA) is 59.4 Å². The number of aromatic nitrogens is 1. The minimum Gasteiger partial charge on any atom is -0.477 e. The van der Waals surface area contributed by atoms with Crippen LogP contribution in [-0.2, 0) is 0 Å². The van der Waals surface area contributed by atoms with Gasteiger partial charge in [0.15, 0.2) is 5.69 Å². The van der Waals surface area contributed by atoms with Crippen LogP contribution in [0.5, 0.6) is 5.88 Å². The zero-order valence-electron chi connectivity index (χ0n) is 10.2. The standard InChI is InChI=1S/C15H13NO3/c17-15(18)13-9-4-10-14(16-13)19-11-5-8-12-6-2-1-3-7-12/h1-10H,11H2,(H,17,18)/b8-5+. The van der Waals surface area contributed by atoms with E-state index < -0.39 is 5.97 Å². The van der Waals surface area contributed by atoms with Gasteiger partial charge in [-0.2, -0.15) is 0 Å². The summed E-state index contributed by atoms with van der Waals surface area (Å²) in [5, 5.41) is 8.80. The molecule has 0 aliphatic carbocycles. The third-order valence-electron chi connectivity index (χ3n) is 2.38. The van der Waals surface area contributed by atoms with Gasteiger partial charge in [-0.3, -0.25) is 0 Å². The summed E-state index contributed by atoms with van der Waals surface area (Å²) in [6.07, 6.45) is 3.78. The molecule has 2 aromatic rings. The molecule has 1 N–H and O–H groups in total. The van der Waals surface area contributed by atoms with Gasteiger partial charge in [0.1, 0.15) is 6.61 Å². The zero-order chi connectivity index (χ0) is 13.5. The number of hydrogen-bond acceptors (Lipinski definition) is 3. The van der Waals surface area contributed by atoms with E-state index in [1.807, 2.05) is 42.5 Å². The zero-order valence-corrected chi connectivity index (χ0v) is 10.2. The van der Waals surface area contributed by atoms with Crippen molar-refractivity contribution < 1.29 is 14.6 Å². The van der Waals surface area contributed by atoms with E-state index in [4.69, 9.17) is 9.84 Å². The number of carboxylic acid groups (broad SMARTS) is 1. The van der Waals surface area contributed by atoms with Crippen LogP contribution in [0.3, 0.4) is 0 Å². The van der Waals surface area contributed by atoms with Gasteiger partial charge in [0, 0.05) is 6.07 Å². The van der Waals surface area contributed by atoms with Crippen molar-refractivity contribution in [1.29, 1.82) is 0 Å². The van der Waals surface area contributed by atoms with Crippen LogP contribution in [0.25, 0.3) is 6.08 Å². The molecule has 1 aromatic heterocycles. The van der Waals surface area contributed by atoms with Gasteiger partial charge in [0.2, 0.25) is 5.88 Å². The number of pyridine rings is 1. The fourth-order valence-electron chi connectivity index (χ4n) is 1.50. The molecule has 0 spiro atoms. The van der Waals surface area contributed by atoms with Gasteiger partial charge in [-0.05, 0) is 17.7 Å². The van der Waals surface area contributed by atoms with Crippen molar-refractivity contribution in [2.24, 2.45) is 0 Å². The first-order chi connectivity index (χ1) is 9.25. The predicted octanol–water partition coefficient (Wildman–Crippen LogP) is 2.87. The van der Waals surface area contributed by atoms with Gasteiger partial charge >= 0.3 is 5.97 Å². The maximum absolute atomic E-state index is 10.7. The number of carboxylic acids is 1. The molecule has 4 heteroatoms. The number of benzene rings is 1. The molecule has 0 unspecified atom stereocenters. The third kappa shape index (κ3) is 3.96. The fraction of sp³-hybridized carbons (Fsp3) is 0.0667. The number of aromatic carboxylic acids is 1. The Bertz CT molecular complexity index is 579. The van der Waals surface area contributed by atoms with Crippen molar-refractivity contribution in [2.45, 2.75) is 0 Å². The molecule has 0 radical (unpaired) electrons. The lowest BCUT2D eigenvalue weighted by Crippen LogP contribution is -2.02. The van der Waals surface area contributed by atoms with Crippen molar-refractivity contribution in [2.75, 3.05) is 6.61 Å². The fourth-order valence-corrected chi connectivity index (χ4v) is 1.50. The second kappa shape index (κ2) is 6.35. The summed E-state index contributed by atoms with van der Waals surface area (Å²) in [5.41, 5.74) is 1.06. The molecule has 1 aromatic carbocycles. The smallest absolute Gasteiger partial charge is 0.354 e. The number of nitrogens with zero attached hydrogens (tertiary/aromatic N) is 1. The van der Waals surface area contributed by atoms with E-state index in [1.165, 1.54) is 6.07 Å². The lowest BCUT2D eigenvalue weighted by Gasteiger charge is -2.02. The van der Waals surface area contributed by atoms with E-state index in [0.29, 0.717) is 12.5 Å². The first-order valence-corrected chi connectivity index (χ1v) is 5.80. The highest BCUT2D eigenvalue weighted by atomic mass is 16.5. The summed E-state index contributed by atoms with van der Waals surface area (Å²) in [5.74, 6) is -0.761. The minimum absolute atomic E-state index is 0.0236. The maximum Gasteiger partial charge on any atom is 0.354 e. The molecule has 2 rings (SSSR count). The van der Waals surface area contributed by atoms with E-state index >= 15 is 0 Å². The van der Waals surface area contributed by atoms with Gasteiger partial charge in [0.05, 0.1) is 0 Å². The molecule has 0 saturated heterocycles. The Morgan fingerprint density at radius 3 is 2.68 bits per heavy atom. The quantitative estimate of drug-likeness (QED) is 0.892. The summed E-state index contributed by atoms with van der Waals surface area (Å²) in [6, 6.07) is 14.5. The number of ether oxygens (including phenoxy) is 1. The molecule has 0 saturated carbocycles. The van der Waals surface area contributed by atoms with Gasteiger partial charge in [-0.15, -0.1) is 0 Å². The molecular weight excluding hydrogens is 242 g/mol. The van der Waals surface area contributed by atoms with Crippen LogP contribution in [0.2, 0.25) is 0 Å². The van der Waals surface area contributed by atoms with Crippen molar-refractivity contribution in [3.05, 3.63) is 65.9 Å². The lowest BCUT2D eigenvalue weighted by atomic mass is 10.2. The highest BCUT2D eigenvalue weighted by molar-refractivity contribution is 5.85. The highest BCUT2D eigenvalue weighted by Crippen LogP contribution is 2.08. The minimum atomic E-state index is -1.06. The van der Waals surface area contributed by atoms with Crippen molar-refractivity contribution >= 4 is 12.0 Å². The van der Waals surface area contributed by atoms with Gasteiger partial charge in [0.25, 0.3) is 0 Å². The van der Waals surface area contributed by atoms with E-state index in [-0.39, 0.29) is 5.69 Å². The Balaban J connectivity index is 1.91. The van der Waals surface area contributed by atoms with Crippen molar-refractivity contribution in [3.63, 3.8) is 0 Å². The van der Waals surface area contributed by atoms with Gasteiger partial charge < -0.3 is 9.84 Å². The molecule has 0 aliphatic heterocycles. The number of carbonyl (C=O) groups is 1. The number of hydrogen-bond donors (Lipinski definition) is 1. The Morgan fingerprint density at radius 2 is 1.95 bits per heavy atom. The Kier molecular flexibility index (Phi) is 4.29. The van der Waals surface area contributed by atoms with Crippen LogP contribution >= 0.6 is 0 Å². The predicted molar refractivity (Wildman–Crippen MR) is 72.2 cm³/mol. The molecule has 1 heterocycles. The molecule has 96 valence electrons. The van der Waals surface area contributed by atoms with Crippen molar-refractivity contribution in [1.82, 2.24) is 4.98 Å². The maximum atomic E-state index is 10.7. The molecule has 0 atom stereocenters. The average molecular weight is 255 g/mol. The van der Waals surface area contributed by atoms with Crippen LogP contribution in [0.15, 0.2) is 54.6 Å². The first-order valence-electron chi connectivity index (χ1n) is 5.80. The summed E-state index contributed by atoms with van der Waals surface area (Å²) in [4.78, 5) is 14.6. The molecule has 0 fully saturated rings. The second-order valence-electron chi connectivity index (χ2n) is 3.79. The van der Waals surface area contributed by atoms with Crippen LogP contribution in [0.4, 0.5) is 0 Å². The monoisotopic (exact) mass is 255 g/mol. The van der Waals surface area contributed by atoms with Gasteiger partial charge in [-0.1, -0.05) is 42.5 Å². The molecule has 0 aliphatic rings. The SMILES string of the molecule is O=C(O)c1cccc(OC/C=C/c2ccccc2)n1. The van der Waals surface area contributed by atoms with Crippen LogP contribution in [0, 0.1) is 0 Å². The van der Waals surface area contributed by atoms with Crippen LogP contribution in [-0.4, -0.2) is 22.7 Å². The van der Waals surface area contributed by atoms with Crippen LogP contribution < -0.4 is 4.74 Å². The summed E-state index contributed by atoms with van der Waals surface area (Å²) in [7, 11) is 0. The Morgan fingerprint density at radius 1 is 1.16 bits per heavy atom. The molecule has 0 bridgehead atoms. The second-order valence-corrected chi connectivity index (χ2v) is 3.79. The van der Waals surface area contributed by atoms with E-state index in [1.54, 1.807) is 12.1 Å². The van der Waals surface area contributed by atoms with Gasteiger partial charge in [-0.25, -0.2) is 9.78 Å². The lowest BCUT2D eigenvalue weighted by molar-refractivity contribution is 0.0689.